The van der Waals surface area contributed by atoms with Crippen LogP contribution in [0.4, 0.5) is 0 Å². The van der Waals surface area contributed by atoms with E-state index in [1.54, 1.807) is 0 Å². The van der Waals surface area contributed by atoms with E-state index >= 15 is 0 Å². The van der Waals surface area contributed by atoms with Gasteiger partial charge in [0, 0.05) is 52.4 Å². The SMILES string of the molecule is Oc1cc(O)c2c(c1)O[C@H](c1cc(O)c(O)c(O)c1)[C@@H](O)[C@@H]2c1c(O)cc2c(c1O)C[C@H](O)[C@@H](c1cc(O)c(O)c(O)c1)O2. The topological polar surface area (TPSA) is 261 Å². The lowest BCUT2D eigenvalue weighted by Gasteiger charge is -2.39. The van der Waals surface area contributed by atoms with E-state index in [0.29, 0.717) is 0 Å². The van der Waals surface area contributed by atoms with Crippen molar-refractivity contribution in [3.8, 4) is 69.0 Å². The fraction of sp³-hybridized carbons (Fsp3) is 0.200. The van der Waals surface area contributed by atoms with E-state index in [9.17, 15) is 61.3 Å². The van der Waals surface area contributed by atoms with Crippen LogP contribution in [0.3, 0.4) is 0 Å². The molecule has 14 nitrogen and oxygen atoms in total. The number of benzene rings is 4. The van der Waals surface area contributed by atoms with Gasteiger partial charge in [-0.2, -0.15) is 0 Å². The van der Waals surface area contributed by atoms with Crippen molar-refractivity contribution in [3.63, 3.8) is 0 Å². The zero-order valence-corrected chi connectivity index (χ0v) is 22.3. The van der Waals surface area contributed by atoms with Crippen molar-refractivity contribution in [3.05, 3.63) is 70.3 Å². The lowest BCUT2D eigenvalue weighted by atomic mass is 9.77. The van der Waals surface area contributed by atoms with E-state index in [1.165, 1.54) is 0 Å². The molecule has 2 heterocycles. The lowest BCUT2D eigenvalue weighted by molar-refractivity contribution is 0.00563. The monoisotopic (exact) mass is 610 g/mol. The van der Waals surface area contributed by atoms with Gasteiger partial charge in [-0.3, -0.25) is 0 Å². The Morgan fingerprint density at radius 2 is 1.00 bits per heavy atom. The van der Waals surface area contributed by atoms with Crippen molar-refractivity contribution in [2.24, 2.45) is 0 Å². The molecule has 4 aromatic carbocycles. The normalized spacial score (nSPS) is 22.4. The van der Waals surface area contributed by atoms with Crippen molar-refractivity contribution >= 4 is 0 Å². The van der Waals surface area contributed by atoms with Gasteiger partial charge < -0.3 is 70.8 Å². The van der Waals surface area contributed by atoms with Gasteiger partial charge in [-0.25, -0.2) is 0 Å². The zero-order chi connectivity index (χ0) is 31.8. The Kier molecular flexibility index (Phi) is 6.48. The minimum Gasteiger partial charge on any atom is -0.508 e. The number of rotatable bonds is 3. The standard InChI is InChI=1S/C30H26O14/c31-11-5-13(32)22-21(6-11)44-30(10-3-17(36)27(41)18(37)4-10)28(42)24(22)23-14(33)8-20-12(25(23)39)7-19(38)29(43-20)9-1-15(34)26(40)16(35)2-9/h1-6,8,19,24,28-42H,7H2/t19-,24-,28-,29+,30+/m0/s1. The van der Waals surface area contributed by atoms with Crippen LogP contribution in [-0.4, -0.2) is 73.5 Å². The van der Waals surface area contributed by atoms with Gasteiger partial charge in [0.15, 0.2) is 46.7 Å². The highest BCUT2D eigenvalue weighted by atomic mass is 16.5. The van der Waals surface area contributed by atoms with Gasteiger partial charge in [-0.15, -0.1) is 0 Å². The molecule has 44 heavy (non-hydrogen) atoms. The van der Waals surface area contributed by atoms with Crippen LogP contribution >= 0.6 is 0 Å². The number of aliphatic hydroxyl groups excluding tert-OH is 2. The van der Waals surface area contributed by atoms with Crippen LogP contribution in [-0.2, 0) is 6.42 Å². The summed E-state index contributed by atoms with van der Waals surface area (Å²) in [6.07, 6.45) is -6.10. The quantitative estimate of drug-likeness (QED) is 0.149. The van der Waals surface area contributed by atoms with Crippen LogP contribution in [0.5, 0.6) is 69.0 Å². The molecule has 0 fully saturated rings. The maximum Gasteiger partial charge on any atom is 0.200 e. The molecule has 14 heteroatoms. The summed E-state index contributed by atoms with van der Waals surface area (Å²) in [4.78, 5) is 0. The number of hydrogen-bond donors (Lipinski definition) is 12. The van der Waals surface area contributed by atoms with Crippen LogP contribution in [0, 0.1) is 0 Å². The molecule has 6 rings (SSSR count). The third kappa shape index (κ3) is 4.35. The molecule has 4 aromatic rings. The van der Waals surface area contributed by atoms with Gasteiger partial charge in [0.1, 0.15) is 40.6 Å². The van der Waals surface area contributed by atoms with E-state index in [4.69, 9.17) is 9.47 Å². The molecule has 230 valence electrons. The fourth-order valence-corrected chi connectivity index (χ4v) is 5.84. The van der Waals surface area contributed by atoms with Crippen LogP contribution in [0.25, 0.3) is 0 Å². The van der Waals surface area contributed by atoms with Crippen LogP contribution < -0.4 is 9.47 Å². The number of fused-ring (bicyclic) bond motifs is 2. The average Bonchev–Trinajstić information content (AvgIpc) is 2.95. The Hall–Kier alpha value is -5.60. The van der Waals surface area contributed by atoms with Crippen LogP contribution in [0.2, 0.25) is 0 Å². The fourth-order valence-electron chi connectivity index (χ4n) is 5.84. The van der Waals surface area contributed by atoms with Gasteiger partial charge in [0.2, 0.25) is 0 Å². The molecule has 2 aliphatic rings. The lowest BCUT2D eigenvalue weighted by Crippen LogP contribution is -2.35. The second-order valence-electron chi connectivity index (χ2n) is 10.6. The Balaban J connectivity index is 1.48. The molecular weight excluding hydrogens is 584 g/mol. The Labute approximate surface area is 247 Å². The summed E-state index contributed by atoms with van der Waals surface area (Å²) in [6, 6.07) is 7.28. The highest BCUT2D eigenvalue weighted by molar-refractivity contribution is 5.66. The molecule has 2 aliphatic heterocycles. The second kappa shape index (κ2) is 10.00. The minimum atomic E-state index is -1.75. The molecule has 0 bridgehead atoms. The summed E-state index contributed by atoms with van der Waals surface area (Å²) in [5, 5.41) is 126. The van der Waals surface area contributed by atoms with E-state index in [1.807, 2.05) is 0 Å². The van der Waals surface area contributed by atoms with Crippen molar-refractivity contribution in [2.75, 3.05) is 0 Å². The van der Waals surface area contributed by atoms with Crippen molar-refractivity contribution < 1.29 is 70.8 Å². The molecule has 0 aliphatic carbocycles. The third-order valence-electron chi connectivity index (χ3n) is 7.87. The number of phenolic OH excluding ortho intramolecular Hbond substituents is 10. The first-order valence-corrected chi connectivity index (χ1v) is 13.1. The summed E-state index contributed by atoms with van der Waals surface area (Å²) >= 11 is 0. The summed E-state index contributed by atoms with van der Waals surface area (Å²) in [7, 11) is 0. The van der Waals surface area contributed by atoms with Gasteiger partial charge in [0.05, 0.1) is 12.0 Å². The third-order valence-corrected chi connectivity index (χ3v) is 7.87. The molecule has 0 amide bonds. The Morgan fingerprint density at radius 1 is 0.500 bits per heavy atom. The number of phenols is 10. The van der Waals surface area contributed by atoms with Gasteiger partial charge in [-0.05, 0) is 24.3 Å². The zero-order valence-electron chi connectivity index (χ0n) is 22.3. The van der Waals surface area contributed by atoms with Crippen molar-refractivity contribution in [1.82, 2.24) is 0 Å². The second-order valence-corrected chi connectivity index (χ2v) is 10.6. The Bertz CT molecular complexity index is 1770. The summed E-state index contributed by atoms with van der Waals surface area (Å²) < 4.78 is 11.7. The first kappa shape index (κ1) is 28.5. The van der Waals surface area contributed by atoms with Crippen molar-refractivity contribution in [2.45, 2.75) is 36.8 Å². The van der Waals surface area contributed by atoms with Gasteiger partial charge in [0.25, 0.3) is 0 Å². The first-order chi connectivity index (χ1) is 20.8. The van der Waals surface area contributed by atoms with E-state index in [-0.39, 0.29) is 45.7 Å². The number of ether oxygens (including phenoxy) is 2. The molecule has 0 saturated heterocycles. The molecule has 0 unspecified atom stereocenters. The summed E-state index contributed by atoms with van der Waals surface area (Å²) in [6.45, 7) is 0. The van der Waals surface area contributed by atoms with Gasteiger partial charge in [-0.1, -0.05) is 0 Å². The van der Waals surface area contributed by atoms with E-state index in [2.05, 4.69) is 0 Å². The van der Waals surface area contributed by atoms with E-state index < -0.39 is 87.8 Å². The highest BCUT2D eigenvalue weighted by Gasteiger charge is 2.45. The molecule has 12 N–H and O–H groups in total. The molecular formula is C30H26O14. The largest absolute Gasteiger partial charge is 0.508 e. The molecule has 0 aromatic heterocycles. The van der Waals surface area contributed by atoms with E-state index in [0.717, 1.165) is 42.5 Å². The molecule has 0 radical (unpaired) electrons. The predicted octanol–water partition coefficient (Wildman–Crippen LogP) is 2.41. The maximum absolute atomic E-state index is 11.6. The van der Waals surface area contributed by atoms with Crippen LogP contribution in [0.15, 0.2) is 42.5 Å². The number of hydrogen-bond acceptors (Lipinski definition) is 14. The Morgan fingerprint density at radius 3 is 1.57 bits per heavy atom. The highest BCUT2D eigenvalue weighted by Crippen LogP contribution is 2.57. The summed E-state index contributed by atoms with van der Waals surface area (Å²) in [5.41, 5.74) is -0.463. The minimum absolute atomic E-state index is 0.0104. The van der Waals surface area contributed by atoms with Crippen LogP contribution in [0.1, 0.15) is 45.9 Å². The molecule has 0 saturated carbocycles. The number of aliphatic hydroxyl groups is 2. The van der Waals surface area contributed by atoms with Gasteiger partial charge >= 0.3 is 0 Å². The average molecular weight is 611 g/mol. The molecule has 5 atom stereocenters. The first-order valence-electron chi connectivity index (χ1n) is 13.1. The maximum atomic E-state index is 11.6. The summed E-state index contributed by atoms with van der Waals surface area (Å²) in [5.74, 6) is -8.47. The smallest absolute Gasteiger partial charge is 0.200 e. The van der Waals surface area contributed by atoms with Crippen molar-refractivity contribution in [1.29, 1.82) is 0 Å². The predicted molar refractivity (Wildman–Crippen MR) is 147 cm³/mol. The molecule has 0 spiro atoms. The number of aromatic hydroxyl groups is 10.